The van der Waals surface area contributed by atoms with E-state index in [-0.39, 0.29) is 12.5 Å². The second-order valence-electron chi connectivity index (χ2n) is 2.85. The summed E-state index contributed by atoms with van der Waals surface area (Å²) in [6, 6.07) is 2.00. The van der Waals surface area contributed by atoms with Gasteiger partial charge in [0.1, 0.15) is 13.2 Å². The molecular weight excluding hydrogens is 200 g/mol. The first-order chi connectivity index (χ1) is 7.16. The Kier molecular flexibility index (Phi) is 8.00. The summed E-state index contributed by atoms with van der Waals surface area (Å²) in [5.74, 6) is -1.44. The van der Waals surface area contributed by atoms with Crippen LogP contribution in [-0.2, 0) is 14.3 Å². The van der Waals surface area contributed by atoms with Gasteiger partial charge in [0.15, 0.2) is 0 Å². The summed E-state index contributed by atoms with van der Waals surface area (Å²) in [5.41, 5.74) is 0. The summed E-state index contributed by atoms with van der Waals surface area (Å²) in [7, 11) is 0. The maximum Gasteiger partial charge on any atom is 0.329 e. The maximum absolute atomic E-state index is 11.0. The van der Waals surface area contributed by atoms with Gasteiger partial charge >= 0.3 is 5.97 Å². The lowest BCUT2D eigenvalue weighted by molar-refractivity contribution is -0.143. The van der Waals surface area contributed by atoms with E-state index >= 15 is 0 Å². The molecule has 0 radical (unpaired) electrons. The number of carbonyl (C=O) groups excluding carboxylic acids is 1. The number of amides is 1. The number of hydrogen-bond donors (Lipinski definition) is 2. The fourth-order valence-electron chi connectivity index (χ4n) is 0.839. The molecular formula is C9H14N2O4. The minimum absolute atomic E-state index is 0.245. The molecule has 1 amide bonds. The van der Waals surface area contributed by atoms with E-state index in [4.69, 9.17) is 10.4 Å². The molecule has 15 heavy (non-hydrogen) atoms. The minimum Gasteiger partial charge on any atom is -0.480 e. The van der Waals surface area contributed by atoms with Crippen LogP contribution in [0.1, 0.15) is 19.3 Å². The maximum atomic E-state index is 11.0. The summed E-state index contributed by atoms with van der Waals surface area (Å²) in [4.78, 5) is 21.0. The van der Waals surface area contributed by atoms with E-state index in [2.05, 4.69) is 10.1 Å². The number of unbranched alkanes of at least 4 members (excludes halogenated alkanes) is 2. The molecule has 0 aromatic carbocycles. The molecule has 0 aromatic rings. The number of carboxylic acid groups (broad SMARTS) is 1. The zero-order valence-electron chi connectivity index (χ0n) is 8.36. The Hall–Kier alpha value is -1.61. The molecule has 6 nitrogen and oxygen atoms in total. The van der Waals surface area contributed by atoms with Crippen LogP contribution in [0.5, 0.6) is 0 Å². The van der Waals surface area contributed by atoms with E-state index in [1.165, 1.54) is 0 Å². The Morgan fingerprint density at radius 3 is 2.67 bits per heavy atom. The predicted octanol–water partition coefficient (Wildman–Crippen LogP) is -0.102. The van der Waals surface area contributed by atoms with Crippen molar-refractivity contribution >= 4 is 11.9 Å². The molecule has 0 aliphatic heterocycles. The normalized spacial score (nSPS) is 9.27. The van der Waals surface area contributed by atoms with Crippen LogP contribution in [0.2, 0.25) is 0 Å². The highest BCUT2D eigenvalue weighted by Crippen LogP contribution is 1.91. The number of rotatable bonds is 8. The van der Waals surface area contributed by atoms with Gasteiger partial charge in [-0.2, -0.15) is 5.26 Å². The molecule has 0 saturated heterocycles. The van der Waals surface area contributed by atoms with Gasteiger partial charge in [0.25, 0.3) is 0 Å². The molecule has 0 aliphatic rings. The van der Waals surface area contributed by atoms with Crippen LogP contribution >= 0.6 is 0 Å². The molecule has 0 rings (SSSR count). The Balaban J connectivity index is 3.27. The molecule has 0 fully saturated rings. The van der Waals surface area contributed by atoms with Gasteiger partial charge < -0.3 is 15.2 Å². The third-order valence-electron chi connectivity index (χ3n) is 1.50. The quantitative estimate of drug-likeness (QED) is 0.549. The van der Waals surface area contributed by atoms with E-state index in [1.807, 2.05) is 6.07 Å². The third kappa shape index (κ3) is 10.3. The smallest absolute Gasteiger partial charge is 0.329 e. The number of aliphatic carboxylic acids is 1. The van der Waals surface area contributed by atoms with E-state index in [0.29, 0.717) is 13.0 Å². The summed E-state index contributed by atoms with van der Waals surface area (Å²) in [6.07, 6.45) is 1.95. The van der Waals surface area contributed by atoms with Crippen molar-refractivity contribution in [2.24, 2.45) is 0 Å². The number of hydrogen-bond acceptors (Lipinski definition) is 4. The van der Waals surface area contributed by atoms with E-state index < -0.39 is 12.6 Å². The Morgan fingerprint density at radius 2 is 2.07 bits per heavy atom. The number of nitrogens with zero attached hydrogens (tertiary/aromatic N) is 1. The highest BCUT2D eigenvalue weighted by atomic mass is 16.5. The Bertz CT molecular complexity index is 247. The molecule has 2 N–H and O–H groups in total. The van der Waals surface area contributed by atoms with Gasteiger partial charge in [-0.3, -0.25) is 4.79 Å². The standard InChI is InChI=1S/C9H14N2O4/c10-4-2-1-3-5-11-8(12)6-15-7-9(13)14/h1-3,5-7H2,(H,11,12)(H,13,14). The zero-order valence-corrected chi connectivity index (χ0v) is 8.36. The van der Waals surface area contributed by atoms with Crippen molar-refractivity contribution in [3.8, 4) is 6.07 Å². The van der Waals surface area contributed by atoms with E-state index in [0.717, 1.165) is 12.8 Å². The number of nitriles is 1. The van der Waals surface area contributed by atoms with Crippen molar-refractivity contribution in [3.05, 3.63) is 0 Å². The lowest BCUT2D eigenvalue weighted by Gasteiger charge is -2.03. The monoisotopic (exact) mass is 214 g/mol. The van der Waals surface area contributed by atoms with E-state index in [9.17, 15) is 9.59 Å². The summed E-state index contributed by atoms with van der Waals surface area (Å²) in [6.45, 7) is -0.233. The topological polar surface area (TPSA) is 99.4 Å². The highest BCUT2D eigenvalue weighted by molar-refractivity contribution is 5.77. The Morgan fingerprint density at radius 1 is 1.33 bits per heavy atom. The second kappa shape index (κ2) is 8.97. The van der Waals surface area contributed by atoms with Crippen LogP contribution in [0.25, 0.3) is 0 Å². The van der Waals surface area contributed by atoms with Crippen LogP contribution in [0, 0.1) is 11.3 Å². The second-order valence-corrected chi connectivity index (χ2v) is 2.85. The van der Waals surface area contributed by atoms with Crippen LogP contribution in [0.15, 0.2) is 0 Å². The van der Waals surface area contributed by atoms with Crippen molar-refractivity contribution in [2.75, 3.05) is 19.8 Å². The number of nitrogens with one attached hydrogen (secondary N) is 1. The fraction of sp³-hybridized carbons (Fsp3) is 0.667. The van der Waals surface area contributed by atoms with Crippen LogP contribution < -0.4 is 5.32 Å². The molecule has 0 bridgehead atoms. The predicted molar refractivity (Wildman–Crippen MR) is 50.9 cm³/mol. The minimum atomic E-state index is -1.10. The van der Waals surface area contributed by atoms with Crippen LogP contribution in [0.3, 0.4) is 0 Å². The molecule has 0 aliphatic carbocycles. The lowest BCUT2D eigenvalue weighted by Crippen LogP contribution is -2.29. The number of carboxylic acids is 1. The molecule has 0 saturated carbocycles. The molecule has 0 atom stereocenters. The lowest BCUT2D eigenvalue weighted by atomic mass is 10.2. The highest BCUT2D eigenvalue weighted by Gasteiger charge is 2.02. The van der Waals surface area contributed by atoms with Gasteiger partial charge in [0.2, 0.25) is 5.91 Å². The molecule has 0 heterocycles. The first-order valence-corrected chi connectivity index (χ1v) is 4.60. The zero-order chi connectivity index (χ0) is 11.5. The van der Waals surface area contributed by atoms with Gasteiger partial charge in [-0.05, 0) is 12.8 Å². The van der Waals surface area contributed by atoms with Crippen molar-refractivity contribution in [2.45, 2.75) is 19.3 Å². The van der Waals surface area contributed by atoms with Crippen molar-refractivity contribution < 1.29 is 19.4 Å². The molecule has 0 unspecified atom stereocenters. The van der Waals surface area contributed by atoms with Crippen LogP contribution in [-0.4, -0.2) is 36.7 Å². The van der Waals surface area contributed by atoms with Gasteiger partial charge in [0, 0.05) is 13.0 Å². The van der Waals surface area contributed by atoms with Crippen molar-refractivity contribution in [3.63, 3.8) is 0 Å². The van der Waals surface area contributed by atoms with E-state index in [1.54, 1.807) is 0 Å². The first-order valence-electron chi connectivity index (χ1n) is 4.60. The largest absolute Gasteiger partial charge is 0.480 e. The Labute approximate surface area is 87.8 Å². The third-order valence-corrected chi connectivity index (χ3v) is 1.50. The summed E-state index contributed by atoms with van der Waals surface area (Å²) < 4.78 is 4.57. The number of ether oxygens (including phenoxy) is 1. The number of carbonyl (C=O) groups is 2. The molecule has 0 aromatic heterocycles. The van der Waals surface area contributed by atoms with Crippen molar-refractivity contribution in [1.82, 2.24) is 5.32 Å². The fourth-order valence-corrected chi connectivity index (χ4v) is 0.839. The van der Waals surface area contributed by atoms with Gasteiger partial charge in [-0.15, -0.1) is 0 Å². The summed E-state index contributed by atoms with van der Waals surface area (Å²) >= 11 is 0. The van der Waals surface area contributed by atoms with Gasteiger partial charge in [-0.25, -0.2) is 4.79 Å². The molecule has 84 valence electrons. The first kappa shape index (κ1) is 13.4. The van der Waals surface area contributed by atoms with Gasteiger partial charge in [0.05, 0.1) is 6.07 Å². The van der Waals surface area contributed by atoms with Gasteiger partial charge in [-0.1, -0.05) is 0 Å². The molecule has 6 heteroatoms. The average molecular weight is 214 g/mol. The SMILES string of the molecule is N#CCCCCNC(=O)COCC(=O)O. The molecule has 0 spiro atoms. The average Bonchev–Trinajstić information content (AvgIpc) is 2.17. The van der Waals surface area contributed by atoms with Crippen LogP contribution in [0.4, 0.5) is 0 Å². The van der Waals surface area contributed by atoms with Crippen molar-refractivity contribution in [1.29, 1.82) is 5.26 Å². The summed E-state index contributed by atoms with van der Waals surface area (Å²) in [5, 5.41) is 19.0.